The number of carbonyl (C=O) groups is 1. The van der Waals surface area contributed by atoms with Gasteiger partial charge in [0.25, 0.3) is 0 Å². The highest BCUT2D eigenvalue weighted by Crippen LogP contribution is 2.49. The van der Waals surface area contributed by atoms with Crippen LogP contribution in [0.25, 0.3) is 0 Å². The van der Waals surface area contributed by atoms with Crippen molar-refractivity contribution in [1.82, 2.24) is 0 Å². The minimum absolute atomic E-state index is 0.115. The van der Waals surface area contributed by atoms with Crippen molar-refractivity contribution >= 4 is 11.7 Å². The van der Waals surface area contributed by atoms with Gasteiger partial charge < -0.3 is 19.5 Å². The molecular weight excluding hydrogens is 390 g/mol. The molecule has 4 rings (SSSR count). The summed E-state index contributed by atoms with van der Waals surface area (Å²) in [5, 5.41) is 10.0. The zero-order valence-corrected chi connectivity index (χ0v) is 19.9. The fraction of sp³-hybridized carbons (Fsp3) is 0.731. The molecule has 2 fully saturated rings. The third-order valence-electron chi connectivity index (χ3n) is 7.12. The number of hydrogen-bond acceptors (Lipinski definition) is 5. The molecule has 0 amide bonds. The van der Waals surface area contributed by atoms with Gasteiger partial charge in [0.15, 0.2) is 0 Å². The summed E-state index contributed by atoms with van der Waals surface area (Å²) in [6, 6.07) is 0. The van der Waals surface area contributed by atoms with Crippen molar-refractivity contribution in [3.05, 3.63) is 22.3 Å². The predicted octanol–water partition coefficient (Wildman–Crippen LogP) is 4.82. The van der Waals surface area contributed by atoms with Gasteiger partial charge >= 0.3 is 5.97 Å². The summed E-state index contributed by atoms with van der Waals surface area (Å²) in [6.07, 6.45) is 6.11. The van der Waals surface area contributed by atoms with Gasteiger partial charge in [-0.3, -0.25) is 4.79 Å². The van der Waals surface area contributed by atoms with Gasteiger partial charge in [0.1, 0.15) is 17.5 Å². The molecule has 1 aromatic rings. The number of fused-ring (bicyclic) bond motifs is 1. The zero-order chi connectivity index (χ0) is 22.3. The van der Waals surface area contributed by atoms with E-state index >= 15 is 0 Å². The second-order valence-corrected chi connectivity index (χ2v) is 10.7. The van der Waals surface area contributed by atoms with Gasteiger partial charge in [-0.25, -0.2) is 0 Å². The van der Waals surface area contributed by atoms with Crippen LogP contribution in [0.5, 0.6) is 5.75 Å². The maximum absolute atomic E-state index is 11.8. The Bertz CT molecular complexity index is 839. The first-order chi connectivity index (χ1) is 14.7. The number of anilines is 1. The molecule has 0 unspecified atom stereocenters. The molecule has 1 N–H and O–H groups in total. The Balaban J connectivity index is 1.75. The van der Waals surface area contributed by atoms with Crippen LogP contribution in [0.4, 0.5) is 5.69 Å². The van der Waals surface area contributed by atoms with E-state index in [-0.39, 0.29) is 24.1 Å². The molecule has 172 valence electrons. The Morgan fingerprint density at radius 1 is 1.19 bits per heavy atom. The van der Waals surface area contributed by atoms with E-state index in [2.05, 4.69) is 39.5 Å². The van der Waals surface area contributed by atoms with Crippen LogP contribution in [0, 0.1) is 6.92 Å². The van der Waals surface area contributed by atoms with Gasteiger partial charge in [-0.1, -0.05) is 13.8 Å². The first-order valence-electron chi connectivity index (χ1n) is 12.2. The van der Waals surface area contributed by atoms with Crippen LogP contribution in [0.1, 0.15) is 94.4 Å². The topological polar surface area (TPSA) is 59.0 Å². The molecule has 3 aliphatic rings. The Morgan fingerprint density at radius 2 is 1.90 bits per heavy atom. The van der Waals surface area contributed by atoms with E-state index in [9.17, 15) is 9.90 Å². The molecule has 0 aromatic heterocycles. The number of esters is 1. The normalized spacial score (nSPS) is 25.4. The molecule has 3 aliphatic heterocycles. The lowest BCUT2D eigenvalue weighted by molar-refractivity contribution is -0.160. The van der Waals surface area contributed by atoms with Gasteiger partial charge in [0.05, 0.1) is 12.5 Å². The number of cyclic esters (lactones) is 1. The fourth-order valence-corrected chi connectivity index (χ4v) is 5.78. The molecule has 31 heavy (non-hydrogen) atoms. The summed E-state index contributed by atoms with van der Waals surface area (Å²) >= 11 is 0. The maximum atomic E-state index is 11.8. The van der Waals surface area contributed by atoms with Crippen LogP contribution in [0.15, 0.2) is 0 Å². The third-order valence-corrected chi connectivity index (χ3v) is 7.12. The average Bonchev–Trinajstić information content (AvgIpc) is 3.02. The van der Waals surface area contributed by atoms with Crippen molar-refractivity contribution in [2.45, 2.75) is 110 Å². The average molecular weight is 430 g/mol. The smallest absolute Gasteiger partial charge is 0.308 e. The highest BCUT2D eigenvalue weighted by Gasteiger charge is 2.38. The zero-order valence-electron chi connectivity index (χ0n) is 19.9. The lowest BCUT2D eigenvalue weighted by Crippen LogP contribution is -2.33. The summed E-state index contributed by atoms with van der Waals surface area (Å²) in [5.41, 5.74) is 6.64. The Labute approximate surface area is 187 Å². The Kier molecular flexibility index (Phi) is 6.26. The second kappa shape index (κ2) is 8.65. The van der Waals surface area contributed by atoms with Crippen LogP contribution in [0.3, 0.4) is 0 Å². The first kappa shape index (κ1) is 22.4. The van der Waals surface area contributed by atoms with Gasteiger partial charge in [0.2, 0.25) is 0 Å². The van der Waals surface area contributed by atoms with E-state index in [1.165, 1.54) is 47.2 Å². The molecule has 3 heterocycles. The lowest BCUT2D eigenvalue weighted by atomic mass is 9.84. The van der Waals surface area contributed by atoms with Crippen molar-refractivity contribution in [3.63, 3.8) is 0 Å². The number of nitrogens with zero attached hydrogens (tertiary/aromatic N) is 1. The maximum Gasteiger partial charge on any atom is 0.308 e. The van der Waals surface area contributed by atoms with Crippen LogP contribution < -0.4 is 9.64 Å². The number of rotatable bonds is 5. The van der Waals surface area contributed by atoms with E-state index in [0.717, 1.165) is 38.1 Å². The van der Waals surface area contributed by atoms with E-state index in [1.54, 1.807) is 0 Å². The molecule has 0 spiro atoms. The summed E-state index contributed by atoms with van der Waals surface area (Å²) in [6.45, 7) is 13.4. The molecule has 0 saturated carbocycles. The molecular formula is C26H39NO4. The summed E-state index contributed by atoms with van der Waals surface area (Å²) < 4.78 is 12.1. The van der Waals surface area contributed by atoms with Crippen LogP contribution in [0.2, 0.25) is 0 Å². The minimum atomic E-state index is -0.585. The number of benzene rings is 1. The highest BCUT2D eigenvalue weighted by molar-refractivity contribution is 5.72. The fourth-order valence-electron chi connectivity index (χ4n) is 5.78. The number of ether oxygens (including phenoxy) is 2. The van der Waals surface area contributed by atoms with Gasteiger partial charge in [-0.05, 0) is 69.9 Å². The predicted molar refractivity (Wildman–Crippen MR) is 123 cm³/mol. The standard InChI is InChI=1S/C26H39NO4/c1-16(2)23-20(10-9-19-13-18(28)14-22(29)30-19)25-21(15-26(4,5)31-25)17(3)24(23)27-11-7-6-8-12-27/h16,18-19,28H,6-15H2,1-5H3/t18-,19-/m1/s1. The third kappa shape index (κ3) is 4.57. The van der Waals surface area contributed by atoms with Crippen molar-refractivity contribution in [3.8, 4) is 5.75 Å². The van der Waals surface area contributed by atoms with Crippen molar-refractivity contribution in [1.29, 1.82) is 0 Å². The molecule has 2 saturated heterocycles. The van der Waals surface area contributed by atoms with Crippen molar-refractivity contribution < 1.29 is 19.4 Å². The van der Waals surface area contributed by atoms with Gasteiger partial charge in [-0.2, -0.15) is 0 Å². The number of carbonyl (C=O) groups excluding carboxylic acids is 1. The Morgan fingerprint density at radius 3 is 2.55 bits per heavy atom. The molecule has 0 aliphatic carbocycles. The van der Waals surface area contributed by atoms with Crippen molar-refractivity contribution in [2.24, 2.45) is 0 Å². The monoisotopic (exact) mass is 429 g/mol. The van der Waals surface area contributed by atoms with Gasteiger partial charge in [-0.15, -0.1) is 0 Å². The SMILES string of the molecule is Cc1c2c(c(CC[C@@H]3C[C@@H](O)CC(=O)O3)c(C(C)C)c1N1CCCCC1)OC(C)(C)C2. The summed E-state index contributed by atoms with van der Waals surface area (Å²) in [5.74, 6) is 1.16. The lowest BCUT2D eigenvalue weighted by Gasteiger charge is -2.35. The quantitative estimate of drug-likeness (QED) is 0.680. The minimum Gasteiger partial charge on any atom is -0.487 e. The molecule has 1 aromatic carbocycles. The van der Waals surface area contributed by atoms with E-state index in [4.69, 9.17) is 9.47 Å². The number of hydrogen-bond donors (Lipinski definition) is 1. The van der Waals surface area contributed by atoms with E-state index in [1.807, 2.05) is 0 Å². The second-order valence-electron chi connectivity index (χ2n) is 10.7. The van der Waals surface area contributed by atoms with Gasteiger partial charge in [0, 0.05) is 42.7 Å². The largest absolute Gasteiger partial charge is 0.487 e. The first-order valence-corrected chi connectivity index (χ1v) is 12.2. The van der Waals surface area contributed by atoms with Crippen LogP contribution >= 0.6 is 0 Å². The molecule has 5 heteroatoms. The van der Waals surface area contributed by atoms with E-state index < -0.39 is 6.10 Å². The molecule has 0 bridgehead atoms. The Hall–Kier alpha value is -1.75. The van der Waals surface area contributed by atoms with Crippen LogP contribution in [-0.4, -0.2) is 42.0 Å². The van der Waals surface area contributed by atoms with E-state index in [0.29, 0.717) is 12.3 Å². The number of aliphatic hydroxyl groups is 1. The number of aliphatic hydroxyl groups excluding tert-OH is 1. The summed E-state index contributed by atoms with van der Waals surface area (Å²) in [7, 11) is 0. The van der Waals surface area contributed by atoms with Crippen LogP contribution in [-0.2, 0) is 22.4 Å². The molecule has 5 nitrogen and oxygen atoms in total. The highest BCUT2D eigenvalue weighted by atomic mass is 16.5. The number of piperidine rings is 1. The molecule has 0 radical (unpaired) electrons. The summed E-state index contributed by atoms with van der Waals surface area (Å²) in [4.78, 5) is 14.4. The van der Waals surface area contributed by atoms with Crippen molar-refractivity contribution in [2.75, 3.05) is 18.0 Å². The molecule has 2 atom stereocenters.